The van der Waals surface area contributed by atoms with Gasteiger partial charge in [0.2, 0.25) is 5.88 Å². The Morgan fingerprint density at radius 1 is 0.897 bits per heavy atom. The van der Waals surface area contributed by atoms with Crippen molar-refractivity contribution in [2.24, 2.45) is 0 Å². The highest BCUT2D eigenvalue weighted by Gasteiger charge is 2.45. The first-order valence-electron chi connectivity index (χ1n) is 13.8. The van der Waals surface area contributed by atoms with E-state index in [9.17, 15) is 4.79 Å². The van der Waals surface area contributed by atoms with Gasteiger partial charge in [-0.25, -0.2) is 14.8 Å². The Morgan fingerprint density at radius 3 is 2.38 bits per heavy atom. The number of amides is 2. The van der Waals surface area contributed by atoms with E-state index in [1.807, 2.05) is 18.3 Å². The van der Waals surface area contributed by atoms with Gasteiger partial charge in [-0.2, -0.15) is 0 Å². The van der Waals surface area contributed by atoms with E-state index >= 15 is 0 Å². The minimum Gasteiger partial charge on any atom is -0.437 e. The third-order valence-electron chi connectivity index (χ3n) is 8.06. The molecule has 3 aromatic rings. The maximum Gasteiger partial charge on any atom is 0.321 e. The molecule has 3 fully saturated rings. The van der Waals surface area contributed by atoms with Crippen molar-refractivity contribution in [2.45, 2.75) is 50.4 Å². The van der Waals surface area contributed by atoms with Gasteiger partial charge in [0.15, 0.2) is 0 Å². The summed E-state index contributed by atoms with van der Waals surface area (Å²) in [5, 5.41) is 0.427. The fourth-order valence-corrected chi connectivity index (χ4v) is 6.12. The summed E-state index contributed by atoms with van der Waals surface area (Å²) in [6.07, 6.45) is 7.23. The fraction of sp³-hybridized carbons (Fsp3) is 0.433. The van der Waals surface area contributed by atoms with Crippen molar-refractivity contribution in [3.05, 3.63) is 83.3 Å². The SMILES string of the molecule is O=C1N(C2CCOCC2)CC(c2ccccc2)N1C1CCN(Cc2ccc(Oc3ccc(Cl)nc3)nc2)CC1. The van der Waals surface area contributed by atoms with E-state index in [1.165, 1.54) is 5.56 Å². The summed E-state index contributed by atoms with van der Waals surface area (Å²) in [7, 11) is 0. The van der Waals surface area contributed by atoms with Gasteiger partial charge >= 0.3 is 6.03 Å². The third kappa shape index (κ3) is 6.03. The molecular weight excluding hydrogens is 514 g/mol. The van der Waals surface area contributed by atoms with E-state index in [1.54, 1.807) is 18.3 Å². The molecule has 204 valence electrons. The van der Waals surface area contributed by atoms with Crippen molar-refractivity contribution in [3.63, 3.8) is 0 Å². The van der Waals surface area contributed by atoms with Gasteiger partial charge in [0.05, 0.1) is 12.2 Å². The third-order valence-corrected chi connectivity index (χ3v) is 8.29. The highest BCUT2D eigenvalue weighted by molar-refractivity contribution is 6.29. The van der Waals surface area contributed by atoms with Crippen molar-refractivity contribution < 1.29 is 14.3 Å². The maximum absolute atomic E-state index is 13.8. The molecule has 2 aromatic heterocycles. The number of hydrogen-bond acceptors (Lipinski definition) is 6. The second-order valence-corrected chi connectivity index (χ2v) is 10.9. The van der Waals surface area contributed by atoms with Crippen LogP contribution in [0.4, 0.5) is 4.79 Å². The Kier molecular flexibility index (Phi) is 7.95. The lowest BCUT2D eigenvalue weighted by Crippen LogP contribution is -2.48. The number of carbonyl (C=O) groups excluding carboxylic acids is 1. The molecule has 3 saturated heterocycles. The normalized spacial score (nSPS) is 21.5. The molecule has 0 radical (unpaired) electrons. The van der Waals surface area contributed by atoms with E-state index in [2.05, 4.69) is 55.0 Å². The van der Waals surface area contributed by atoms with E-state index in [-0.39, 0.29) is 24.2 Å². The van der Waals surface area contributed by atoms with Crippen LogP contribution >= 0.6 is 11.6 Å². The molecule has 1 aromatic carbocycles. The molecule has 3 aliphatic rings. The topological polar surface area (TPSA) is 71.0 Å². The van der Waals surface area contributed by atoms with Crippen LogP contribution in [0.25, 0.3) is 0 Å². The summed E-state index contributed by atoms with van der Waals surface area (Å²) >= 11 is 5.84. The van der Waals surface area contributed by atoms with Crippen molar-refractivity contribution in [2.75, 3.05) is 32.8 Å². The molecule has 1 atom stereocenters. The van der Waals surface area contributed by atoms with Gasteiger partial charge in [-0.05, 0) is 48.9 Å². The quantitative estimate of drug-likeness (QED) is 0.361. The van der Waals surface area contributed by atoms with Crippen LogP contribution in [0.5, 0.6) is 11.6 Å². The number of likely N-dealkylation sites (tertiary alicyclic amines) is 1. The zero-order chi connectivity index (χ0) is 26.6. The van der Waals surface area contributed by atoms with Gasteiger partial charge in [0, 0.05) is 63.7 Å². The Balaban J connectivity index is 1.08. The first-order chi connectivity index (χ1) is 19.1. The predicted octanol–water partition coefficient (Wildman–Crippen LogP) is 5.54. The molecule has 2 amide bonds. The first kappa shape index (κ1) is 26.0. The van der Waals surface area contributed by atoms with Gasteiger partial charge < -0.3 is 19.3 Å². The monoisotopic (exact) mass is 547 g/mol. The average Bonchev–Trinajstić information content (AvgIpc) is 3.33. The predicted molar refractivity (Wildman–Crippen MR) is 149 cm³/mol. The van der Waals surface area contributed by atoms with Crippen molar-refractivity contribution in [3.8, 4) is 11.6 Å². The molecule has 0 N–H and O–H groups in total. The van der Waals surface area contributed by atoms with Crippen LogP contribution in [-0.4, -0.2) is 75.6 Å². The first-order valence-corrected chi connectivity index (χ1v) is 14.2. The van der Waals surface area contributed by atoms with Crippen molar-refractivity contribution in [1.82, 2.24) is 24.7 Å². The van der Waals surface area contributed by atoms with Crippen LogP contribution in [0, 0.1) is 0 Å². The molecule has 39 heavy (non-hydrogen) atoms. The number of halogens is 1. The summed E-state index contributed by atoms with van der Waals surface area (Å²) in [5.41, 5.74) is 2.37. The number of urea groups is 1. The lowest BCUT2D eigenvalue weighted by molar-refractivity contribution is 0.0493. The Labute approximate surface area is 234 Å². The Hall–Kier alpha value is -3.20. The molecular formula is C30H34ClN5O3. The van der Waals surface area contributed by atoms with Gasteiger partial charge in [-0.1, -0.05) is 48.0 Å². The van der Waals surface area contributed by atoms with Gasteiger partial charge in [-0.3, -0.25) is 4.90 Å². The number of rotatable bonds is 7. The molecule has 8 nitrogen and oxygen atoms in total. The Bertz CT molecular complexity index is 1230. The lowest BCUT2D eigenvalue weighted by Gasteiger charge is -2.39. The number of nitrogens with zero attached hydrogens (tertiary/aromatic N) is 5. The molecule has 0 spiro atoms. The van der Waals surface area contributed by atoms with E-state index < -0.39 is 0 Å². The van der Waals surface area contributed by atoms with Gasteiger partial charge in [-0.15, -0.1) is 0 Å². The van der Waals surface area contributed by atoms with Crippen LogP contribution in [0.1, 0.15) is 42.9 Å². The van der Waals surface area contributed by atoms with E-state index in [0.29, 0.717) is 16.8 Å². The fourth-order valence-electron chi connectivity index (χ4n) is 6.01. The van der Waals surface area contributed by atoms with Crippen LogP contribution in [0.2, 0.25) is 5.15 Å². The molecule has 0 aliphatic carbocycles. The summed E-state index contributed by atoms with van der Waals surface area (Å²) in [6, 6.07) is 18.7. The summed E-state index contributed by atoms with van der Waals surface area (Å²) in [4.78, 5) is 29.1. The van der Waals surface area contributed by atoms with Gasteiger partial charge in [0.25, 0.3) is 0 Å². The van der Waals surface area contributed by atoms with Crippen molar-refractivity contribution >= 4 is 17.6 Å². The standard InChI is InChI=1S/C30H34ClN5O3/c31-28-8-7-26(19-32-28)39-29-9-6-22(18-33-29)20-34-14-10-25(11-15-34)36-27(23-4-2-1-3-5-23)21-35(30(36)37)24-12-16-38-17-13-24/h1-9,18-19,24-25,27H,10-17,20-21H2. The molecule has 9 heteroatoms. The van der Waals surface area contributed by atoms with Gasteiger partial charge in [0.1, 0.15) is 10.9 Å². The second-order valence-electron chi connectivity index (χ2n) is 10.5. The number of ether oxygens (including phenoxy) is 2. The number of pyridine rings is 2. The summed E-state index contributed by atoms with van der Waals surface area (Å²) < 4.78 is 11.3. The van der Waals surface area contributed by atoms with Crippen LogP contribution in [0.3, 0.4) is 0 Å². The van der Waals surface area contributed by atoms with Crippen LogP contribution < -0.4 is 4.74 Å². The molecule has 5 heterocycles. The minimum absolute atomic E-state index is 0.102. The molecule has 0 bridgehead atoms. The molecule has 0 saturated carbocycles. The largest absolute Gasteiger partial charge is 0.437 e. The Morgan fingerprint density at radius 2 is 1.69 bits per heavy atom. The van der Waals surface area contributed by atoms with Crippen LogP contribution in [-0.2, 0) is 11.3 Å². The maximum atomic E-state index is 13.8. The number of aromatic nitrogens is 2. The highest BCUT2D eigenvalue weighted by atomic mass is 35.5. The zero-order valence-electron chi connectivity index (χ0n) is 22.0. The number of benzene rings is 1. The molecule has 6 rings (SSSR count). The number of piperidine rings is 1. The minimum atomic E-state index is 0.102. The van der Waals surface area contributed by atoms with Crippen LogP contribution in [0.15, 0.2) is 67.0 Å². The number of hydrogen-bond donors (Lipinski definition) is 0. The summed E-state index contributed by atoms with van der Waals surface area (Å²) in [6.45, 7) is 4.96. The molecule has 1 unspecified atom stereocenters. The number of carbonyl (C=O) groups is 1. The second kappa shape index (κ2) is 11.9. The smallest absolute Gasteiger partial charge is 0.321 e. The summed E-state index contributed by atoms with van der Waals surface area (Å²) in [5.74, 6) is 1.12. The lowest BCUT2D eigenvalue weighted by atomic mass is 9.99. The highest BCUT2D eigenvalue weighted by Crippen LogP contribution is 2.37. The molecule has 3 aliphatic heterocycles. The van der Waals surface area contributed by atoms with E-state index in [4.69, 9.17) is 21.1 Å². The van der Waals surface area contributed by atoms with E-state index in [0.717, 1.165) is 70.6 Å². The average molecular weight is 548 g/mol. The zero-order valence-corrected chi connectivity index (χ0v) is 22.7. The van der Waals surface area contributed by atoms with Crippen molar-refractivity contribution in [1.29, 1.82) is 0 Å².